The Morgan fingerprint density at radius 3 is 1.92 bits per heavy atom. The minimum atomic E-state index is -1.20. The number of carboxylic acid groups (broad SMARTS) is 1. The number of hydrogen-bond acceptors (Lipinski definition) is 4. The van der Waals surface area contributed by atoms with Gasteiger partial charge in [0.15, 0.2) is 6.04 Å². The molecule has 2 aromatic carbocycles. The summed E-state index contributed by atoms with van der Waals surface area (Å²) in [6, 6.07) is 13.6. The Kier molecular flexibility index (Phi) is 4.95. The van der Waals surface area contributed by atoms with Crippen molar-refractivity contribution in [2.45, 2.75) is 25.1 Å². The van der Waals surface area contributed by atoms with E-state index in [4.69, 9.17) is 9.47 Å². The number of fused-ring (bicyclic) bond motifs is 3. The zero-order chi connectivity index (χ0) is 18.8. The molecule has 0 fully saturated rings. The van der Waals surface area contributed by atoms with Gasteiger partial charge < -0.3 is 14.6 Å². The molecule has 3 rings (SSSR count). The molecule has 2 atom stereocenters. The third kappa shape index (κ3) is 2.82. The summed E-state index contributed by atoms with van der Waals surface area (Å²) in [4.78, 5) is 25.9. The fourth-order valence-electron chi connectivity index (χ4n) is 3.59. The molecule has 6 nitrogen and oxygen atoms in total. The number of hydrogen-bond donors (Lipinski definition) is 1. The predicted molar refractivity (Wildman–Crippen MR) is 95.9 cm³/mol. The number of aliphatic carboxylic acids is 1. The van der Waals surface area contributed by atoms with Crippen molar-refractivity contribution in [2.24, 2.45) is 0 Å². The summed E-state index contributed by atoms with van der Waals surface area (Å²) in [6.45, 7) is 1.63. The van der Waals surface area contributed by atoms with Crippen molar-refractivity contribution < 1.29 is 24.2 Å². The quantitative estimate of drug-likeness (QED) is 0.890. The summed E-state index contributed by atoms with van der Waals surface area (Å²) in [5.74, 6) is -1.15. The molecule has 6 heteroatoms. The van der Waals surface area contributed by atoms with Crippen LogP contribution in [-0.4, -0.2) is 48.4 Å². The van der Waals surface area contributed by atoms with Gasteiger partial charge >= 0.3 is 12.1 Å². The van der Waals surface area contributed by atoms with Gasteiger partial charge in [-0.05, 0) is 29.2 Å². The fraction of sp³-hybridized carbons (Fsp3) is 0.300. The van der Waals surface area contributed by atoms with E-state index in [0.717, 1.165) is 22.3 Å². The number of nitrogens with zero attached hydrogens (tertiary/aromatic N) is 1. The summed E-state index contributed by atoms with van der Waals surface area (Å²) < 4.78 is 10.2. The Hall–Kier alpha value is -2.86. The first kappa shape index (κ1) is 17.9. The first-order valence-electron chi connectivity index (χ1n) is 8.31. The molecule has 0 heterocycles. The number of benzene rings is 2. The maximum atomic E-state index is 12.7. The first-order chi connectivity index (χ1) is 12.5. The monoisotopic (exact) mass is 355 g/mol. The van der Waals surface area contributed by atoms with Gasteiger partial charge in [-0.25, -0.2) is 9.59 Å². The Balaban J connectivity index is 2.21. The molecule has 1 aliphatic rings. The van der Waals surface area contributed by atoms with E-state index in [1.807, 2.05) is 48.5 Å². The summed E-state index contributed by atoms with van der Waals surface area (Å²) in [7, 11) is 2.67. The highest BCUT2D eigenvalue weighted by atomic mass is 16.5. The van der Waals surface area contributed by atoms with Crippen LogP contribution in [-0.2, 0) is 14.3 Å². The minimum absolute atomic E-state index is 0.562. The van der Waals surface area contributed by atoms with Crippen LogP contribution in [0.5, 0.6) is 0 Å². The first-order valence-corrected chi connectivity index (χ1v) is 8.31. The zero-order valence-electron chi connectivity index (χ0n) is 14.9. The smallest absolute Gasteiger partial charge is 0.411 e. The standard InChI is InChI=1S/C20H21NO5/c1-12(25-2)17(19(22)23)21(20(24)26-3)18-15-10-6-4-8-13(15)14-9-5-7-11-16(14)18/h4-12,17-18H,1-3H3,(H,22,23)/t12-,17+/m1/s1. The molecular formula is C20H21NO5. The van der Waals surface area contributed by atoms with E-state index in [1.54, 1.807) is 6.92 Å². The molecule has 26 heavy (non-hydrogen) atoms. The van der Waals surface area contributed by atoms with Crippen molar-refractivity contribution >= 4 is 12.1 Å². The lowest BCUT2D eigenvalue weighted by atomic mass is 10.00. The summed E-state index contributed by atoms with van der Waals surface area (Å²) >= 11 is 0. The van der Waals surface area contributed by atoms with Gasteiger partial charge in [0, 0.05) is 7.11 Å². The summed E-state index contributed by atoms with van der Waals surface area (Å²) in [5, 5.41) is 9.82. The topological polar surface area (TPSA) is 76.1 Å². The third-order valence-electron chi connectivity index (χ3n) is 4.83. The van der Waals surface area contributed by atoms with Crippen molar-refractivity contribution in [1.29, 1.82) is 0 Å². The number of ether oxygens (including phenoxy) is 2. The Morgan fingerprint density at radius 2 is 1.50 bits per heavy atom. The minimum Gasteiger partial charge on any atom is -0.480 e. The van der Waals surface area contributed by atoms with Gasteiger partial charge in [0.2, 0.25) is 0 Å². The lowest BCUT2D eigenvalue weighted by Crippen LogP contribution is -2.52. The van der Waals surface area contributed by atoms with Crippen molar-refractivity contribution in [3.05, 3.63) is 59.7 Å². The van der Waals surface area contributed by atoms with Crippen LogP contribution < -0.4 is 0 Å². The predicted octanol–water partition coefficient (Wildman–Crippen LogP) is 3.31. The molecule has 1 N–H and O–H groups in total. The van der Waals surface area contributed by atoms with Crippen LogP contribution in [0.2, 0.25) is 0 Å². The van der Waals surface area contributed by atoms with Gasteiger partial charge in [-0.2, -0.15) is 0 Å². The highest BCUT2D eigenvalue weighted by molar-refractivity contribution is 5.85. The van der Waals surface area contributed by atoms with Gasteiger partial charge in [-0.3, -0.25) is 4.90 Å². The Morgan fingerprint density at radius 1 is 1.00 bits per heavy atom. The molecule has 0 unspecified atom stereocenters. The molecule has 0 radical (unpaired) electrons. The lowest BCUT2D eigenvalue weighted by molar-refractivity contribution is -0.148. The molecule has 2 aromatic rings. The molecule has 1 aliphatic carbocycles. The Labute approximate surface area is 152 Å². The van der Waals surface area contributed by atoms with Crippen LogP contribution in [0.3, 0.4) is 0 Å². The van der Waals surface area contributed by atoms with E-state index in [9.17, 15) is 14.7 Å². The van der Waals surface area contributed by atoms with E-state index in [1.165, 1.54) is 19.1 Å². The summed E-state index contributed by atoms with van der Waals surface area (Å²) in [6.07, 6.45) is -1.43. The van der Waals surface area contributed by atoms with Crippen molar-refractivity contribution in [3.8, 4) is 11.1 Å². The van der Waals surface area contributed by atoms with Crippen molar-refractivity contribution in [1.82, 2.24) is 4.90 Å². The molecular weight excluding hydrogens is 334 g/mol. The SMILES string of the molecule is COC(=O)N(C1c2ccccc2-c2ccccc21)[C@H](C(=O)O)[C@@H](C)OC. The van der Waals surface area contributed by atoms with Crippen LogP contribution in [0, 0.1) is 0 Å². The van der Waals surface area contributed by atoms with E-state index in [-0.39, 0.29) is 0 Å². The van der Waals surface area contributed by atoms with Crippen LogP contribution in [0.25, 0.3) is 11.1 Å². The second-order valence-electron chi connectivity index (χ2n) is 6.18. The second kappa shape index (κ2) is 7.17. The molecule has 1 amide bonds. The zero-order valence-corrected chi connectivity index (χ0v) is 14.9. The van der Waals surface area contributed by atoms with Gasteiger partial charge in [-0.15, -0.1) is 0 Å². The highest BCUT2D eigenvalue weighted by Gasteiger charge is 2.44. The highest BCUT2D eigenvalue weighted by Crippen LogP contribution is 2.47. The number of rotatable bonds is 5. The van der Waals surface area contributed by atoms with Gasteiger partial charge in [0.1, 0.15) is 0 Å². The van der Waals surface area contributed by atoms with Crippen molar-refractivity contribution in [2.75, 3.05) is 14.2 Å². The molecule has 0 saturated heterocycles. The molecule has 0 saturated carbocycles. The number of methoxy groups -OCH3 is 2. The van der Waals surface area contributed by atoms with Crippen LogP contribution in [0.15, 0.2) is 48.5 Å². The van der Waals surface area contributed by atoms with E-state index >= 15 is 0 Å². The van der Waals surface area contributed by atoms with Crippen LogP contribution in [0.1, 0.15) is 24.1 Å². The van der Waals surface area contributed by atoms with E-state index in [2.05, 4.69) is 0 Å². The maximum Gasteiger partial charge on any atom is 0.411 e. The van der Waals surface area contributed by atoms with Crippen LogP contribution in [0.4, 0.5) is 4.79 Å². The van der Waals surface area contributed by atoms with Gasteiger partial charge in [0.05, 0.1) is 19.3 Å². The molecule has 0 bridgehead atoms. The Bertz CT molecular complexity index is 789. The van der Waals surface area contributed by atoms with E-state index in [0.29, 0.717) is 0 Å². The van der Waals surface area contributed by atoms with Crippen LogP contribution >= 0.6 is 0 Å². The maximum absolute atomic E-state index is 12.7. The average molecular weight is 355 g/mol. The number of carbonyl (C=O) groups excluding carboxylic acids is 1. The van der Waals surface area contributed by atoms with E-state index < -0.39 is 30.3 Å². The second-order valence-corrected chi connectivity index (χ2v) is 6.18. The summed E-state index contributed by atoms with van der Waals surface area (Å²) in [5.41, 5.74) is 3.70. The number of carboxylic acids is 1. The van der Waals surface area contributed by atoms with Crippen molar-refractivity contribution in [3.63, 3.8) is 0 Å². The fourth-order valence-corrected chi connectivity index (χ4v) is 3.59. The third-order valence-corrected chi connectivity index (χ3v) is 4.83. The lowest BCUT2D eigenvalue weighted by Gasteiger charge is -2.36. The molecule has 0 aliphatic heterocycles. The number of carbonyl (C=O) groups is 2. The largest absolute Gasteiger partial charge is 0.480 e. The molecule has 136 valence electrons. The molecule has 0 aromatic heterocycles. The molecule has 0 spiro atoms. The normalized spacial score (nSPS) is 14.9. The van der Waals surface area contributed by atoms with Gasteiger partial charge in [0.25, 0.3) is 0 Å². The average Bonchev–Trinajstić information content (AvgIpc) is 2.99. The number of amides is 1. The van der Waals surface area contributed by atoms with Gasteiger partial charge in [-0.1, -0.05) is 48.5 Å².